The summed E-state index contributed by atoms with van der Waals surface area (Å²) in [7, 11) is 0. The summed E-state index contributed by atoms with van der Waals surface area (Å²) in [5, 5.41) is 12.6. The van der Waals surface area contributed by atoms with Crippen LogP contribution >= 0.6 is 27.5 Å². The molecule has 0 spiro atoms. The average molecular weight is 334 g/mol. The number of anilines is 1. The van der Waals surface area contributed by atoms with E-state index in [1.54, 1.807) is 12.1 Å². The number of hydrogen-bond acceptors (Lipinski definition) is 3. The van der Waals surface area contributed by atoms with E-state index in [9.17, 15) is 9.90 Å². The summed E-state index contributed by atoms with van der Waals surface area (Å²) in [5.74, 6) is -0.117. The highest BCUT2D eigenvalue weighted by Gasteiger charge is 2.22. The van der Waals surface area contributed by atoms with Crippen LogP contribution in [0.4, 0.5) is 5.69 Å². The standard InChI is InChI=1S/C12H14BrClN2O2/c13-8-1-2-11(10(14)5-8)15-12(18)7-16-4-3-9(17)6-16/h1-2,5,9,17H,3-4,6-7H2,(H,15,18). The Balaban J connectivity index is 1.91. The summed E-state index contributed by atoms with van der Waals surface area (Å²) in [5.41, 5.74) is 0.601. The van der Waals surface area contributed by atoms with Gasteiger partial charge in [-0.05, 0) is 24.6 Å². The van der Waals surface area contributed by atoms with Crippen molar-refractivity contribution in [3.8, 4) is 0 Å². The highest BCUT2D eigenvalue weighted by Crippen LogP contribution is 2.25. The van der Waals surface area contributed by atoms with E-state index in [0.29, 0.717) is 17.3 Å². The third-order valence-electron chi connectivity index (χ3n) is 2.82. The molecule has 2 rings (SSSR count). The van der Waals surface area contributed by atoms with Crippen molar-refractivity contribution < 1.29 is 9.90 Å². The molecule has 0 aliphatic carbocycles. The van der Waals surface area contributed by atoms with Crippen LogP contribution in [0.2, 0.25) is 5.02 Å². The van der Waals surface area contributed by atoms with Crippen LogP contribution in [0.1, 0.15) is 6.42 Å². The van der Waals surface area contributed by atoms with Gasteiger partial charge in [-0.3, -0.25) is 9.69 Å². The molecule has 4 nitrogen and oxygen atoms in total. The van der Waals surface area contributed by atoms with Gasteiger partial charge < -0.3 is 10.4 Å². The Hall–Kier alpha value is -0.620. The summed E-state index contributed by atoms with van der Waals surface area (Å²) >= 11 is 9.32. The molecule has 1 unspecified atom stereocenters. The molecule has 0 bridgehead atoms. The lowest BCUT2D eigenvalue weighted by Gasteiger charge is -2.15. The first-order valence-corrected chi connectivity index (χ1v) is 6.87. The molecule has 1 amide bonds. The van der Waals surface area contributed by atoms with Crippen molar-refractivity contribution in [1.82, 2.24) is 4.90 Å². The maximum atomic E-state index is 11.8. The minimum atomic E-state index is -0.311. The molecular formula is C12H14BrClN2O2. The zero-order chi connectivity index (χ0) is 13.1. The molecule has 98 valence electrons. The molecule has 1 aliphatic rings. The first-order valence-electron chi connectivity index (χ1n) is 5.70. The second-order valence-electron chi connectivity index (χ2n) is 4.35. The Morgan fingerprint density at radius 1 is 1.61 bits per heavy atom. The number of benzene rings is 1. The van der Waals surface area contributed by atoms with Gasteiger partial charge in [0.2, 0.25) is 5.91 Å². The second kappa shape index (κ2) is 6.02. The van der Waals surface area contributed by atoms with E-state index in [1.165, 1.54) is 0 Å². The number of amides is 1. The van der Waals surface area contributed by atoms with Gasteiger partial charge in [0.15, 0.2) is 0 Å². The third-order valence-corrected chi connectivity index (χ3v) is 3.63. The molecule has 1 saturated heterocycles. The van der Waals surface area contributed by atoms with Crippen LogP contribution in [0.15, 0.2) is 22.7 Å². The topological polar surface area (TPSA) is 52.6 Å². The van der Waals surface area contributed by atoms with Gasteiger partial charge in [0.25, 0.3) is 0 Å². The number of carbonyl (C=O) groups is 1. The summed E-state index contributed by atoms with van der Waals surface area (Å²) in [6, 6.07) is 5.31. The number of aliphatic hydroxyl groups is 1. The number of carbonyl (C=O) groups excluding carboxylic acids is 1. The lowest BCUT2D eigenvalue weighted by molar-refractivity contribution is -0.117. The first kappa shape index (κ1) is 13.8. The Labute approximate surface area is 119 Å². The highest BCUT2D eigenvalue weighted by atomic mass is 79.9. The fourth-order valence-corrected chi connectivity index (χ4v) is 2.66. The van der Waals surface area contributed by atoms with Crippen molar-refractivity contribution >= 4 is 39.1 Å². The quantitative estimate of drug-likeness (QED) is 0.891. The van der Waals surface area contributed by atoms with E-state index in [0.717, 1.165) is 17.4 Å². The van der Waals surface area contributed by atoms with Gasteiger partial charge in [-0.1, -0.05) is 27.5 Å². The Kier molecular flexibility index (Phi) is 4.61. The van der Waals surface area contributed by atoms with Gasteiger partial charge >= 0.3 is 0 Å². The van der Waals surface area contributed by atoms with Crippen LogP contribution in [0.5, 0.6) is 0 Å². The van der Waals surface area contributed by atoms with Gasteiger partial charge in [-0.2, -0.15) is 0 Å². The number of nitrogens with one attached hydrogen (secondary N) is 1. The number of β-amino-alcohol motifs (C(OH)–C–C–N with tert-alkyl or cyclic N) is 1. The van der Waals surface area contributed by atoms with Gasteiger partial charge in [0.1, 0.15) is 0 Å². The Morgan fingerprint density at radius 2 is 2.39 bits per heavy atom. The minimum Gasteiger partial charge on any atom is -0.392 e. The molecule has 6 heteroatoms. The molecule has 2 N–H and O–H groups in total. The summed E-state index contributed by atoms with van der Waals surface area (Å²) in [4.78, 5) is 13.7. The number of likely N-dealkylation sites (tertiary alicyclic amines) is 1. The van der Waals surface area contributed by atoms with Crippen molar-refractivity contribution in [2.24, 2.45) is 0 Å². The van der Waals surface area contributed by atoms with Crippen LogP contribution in [0.25, 0.3) is 0 Å². The second-order valence-corrected chi connectivity index (χ2v) is 5.67. The van der Waals surface area contributed by atoms with E-state index < -0.39 is 0 Å². The number of hydrogen-bond donors (Lipinski definition) is 2. The summed E-state index contributed by atoms with van der Waals surface area (Å²) in [6.45, 7) is 1.59. The van der Waals surface area contributed by atoms with E-state index >= 15 is 0 Å². The third kappa shape index (κ3) is 3.68. The van der Waals surface area contributed by atoms with E-state index in [2.05, 4.69) is 21.2 Å². The van der Waals surface area contributed by atoms with Crippen LogP contribution in [0.3, 0.4) is 0 Å². The molecule has 1 heterocycles. The van der Waals surface area contributed by atoms with Crippen molar-refractivity contribution in [3.05, 3.63) is 27.7 Å². The number of rotatable bonds is 3. The lowest BCUT2D eigenvalue weighted by Crippen LogP contribution is -2.32. The molecule has 1 aliphatic heterocycles. The predicted octanol–water partition coefficient (Wildman–Crippen LogP) is 2.11. The van der Waals surface area contributed by atoms with Crippen molar-refractivity contribution in [3.63, 3.8) is 0 Å². The van der Waals surface area contributed by atoms with Crippen molar-refractivity contribution in [2.75, 3.05) is 25.0 Å². The first-order chi connectivity index (χ1) is 8.54. The van der Waals surface area contributed by atoms with Gasteiger partial charge in [0, 0.05) is 17.6 Å². The molecule has 0 radical (unpaired) electrons. The van der Waals surface area contributed by atoms with E-state index in [-0.39, 0.29) is 18.6 Å². The monoisotopic (exact) mass is 332 g/mol. The van der Waals surface area contributed by atoms with Crippen LogP contribution < -0.4 is 5.32 Å². The average Bonchev–Trinajstić information content (AvgIpc) is 2.68. The van der Waals surface area contributed by atoms with Crippen molar-refractivity contribution in [1.29, 1.82) is 0 Å². The smallest absolute Gasteiger partial charge is 0.238 e. The Bertz CT molecular complexity index is 456. The van der Waals surface area contributed by atoms with Crippen LogP contribution in [-0.4, -0.2) is 41.7 Å². The minimum absolute atomic E-state index is 0.117. The van der Waals surface area contributed by atoms with Gasteiger partial charge in [-0.25, -0.2) is 0 Å². The van der Waals surface area contributed by atoms with E-state index in [1.807, 2.05) is 11.0 Å². The molecule has 1 aromatic rings. The van der Waals surface area contributed by atoms with Gasteiger partial charge in [0.05, 0.1) is 23.4 Å². The fourth-order valence-electron chi connectivity index (χ4n) is 1.94. The molecular weight excluding hydrogens is 320 g/mol. The highest BCUT2D eigenvalue weighted by molar-refractivity contribution is 9.10. The molecule has 18 heavy (non-hydrogen) atoms. The molecule has 1 atom stereocenters. The Morgan fingerprint density at radius 3 is 3.00 bits per heavy atom. The molecule has 1 aromatic carbocycles. The normalized spacial score (nSPS) is 20.1. The zero-order valence-corrected chi connectivity index (χ0v) is 12.0. The van der Waals surface area contributed by atoms with Crippen LogP contribution in [-0.2, 0) is 4.79 Å². The fraction of sp³-hybridized carbons (Fsp3) is 0.417. The molecule has 1 fully saturated rings. The van der Waals surface area contributed by atoms with Crippen molar-refractivity contribution in [2.45, 2.75) is 12.5 Å². The molecule has 0 aromatic heterocycles. The van der Waals surface area contributed by atoms with E-state index in [4.69, 9.17) is 11.6 Å². The number of aliphatic hydroxyl groups excluding tert-OH is 1. The van der Waals surface area contributed by atoms with Crippen LogP contribution in [0, 0.1) is 0 Å². The zero-order valence-electron chi connectivity index (χ0n) is 9.70. The summed E-state index contributed by atoms with van der Waals surface area (Å²) in [6.07, 6.45) is 0.417. The predicted molar refractivity (Wildman–Crippen MR) is 74.8 cm³/mol. The SMILES string of the molecule is O=C(CN1CCC(O)C1)Nc1ccc(Br)cc1Cl. The maximum Gasteiger partial charge on any atom is 0.238 e. The molecule has 0 saturated carbocycles. The van der Waals surface area contributed by atoms with Gasteiger partial charge in [-0.15, -0.1) is 0 Å². The largest absolute Gasteiger partial charge is 0.392 e. The lowest BCUT2D eigenvalue weighted by atomic mass is 10.3. The number of nitrogens with zero attached hydrogens (tertiary/aromatic N) is 1. The number of halogens is 2. The maximum absolute atomic E-state index is 11.8. The summed E-state index contributed by atoms with van der Waals surface area (Å²) < 4.78 is 0.869.